The van der Waals surface area contributed by atoms with Crippen molar-refractivity contribution in [3.63, 3.8) is 0 Å². The molecule has 1 aromatic rings. The van der Waals surface area contributed by atoms with Crippen LogP contribution in [0.5, 0.6) is 0 Å². The zero-order valence-electron chi connectivity index (χ0n) is 13.2. The Hall–Kier alpha value is -0.910. The fraction of sp³-hybridized carbons (Fsp3) is 0.706. The van der Waals surface area contributed by atoms with Crippen LogP contribution >= 0.6 is 11.3 Å². The molecule has 5 heteroatoms. The molecule has 0 spiro atoms. The number of carbonyl (C=O) groups excluding carboxylic acids is 1. The highest BCUT2D eigenvalue weighted by atomic mass is 32.1. The second kappa shape index (κ2) is 5.95. The van der Waals surface area contributed by atoms with Crippen molar-refractivity contribution in [3.8, 4) is 0 Å². The van der Waals surface area contributed by atoms with Crippen molar-refractivity contribution in [2.45, 2.75) is 50.8 Å². The number of likely N-dealkylation sites (tertiary alicyclic amines) is 2. The fourth-order valence-electron chi connectivity index (χ4n) is 4.26. The SMILES string of the molecule is CN1CCC[C@@H]1[C@@H]1CCCN1C(=O)c1cc2c(s1)CCOC2. The van der Waals surface area contributed by atoms with Gasteiger partial charge in [-0.3, -0.25) is 4.79 Å². The summed E-state index contributed by atoms with van der Waals surface area (Å²) >= 11 is 1.69. The number of carbonyl (C=O) groups is 1. The maximum Gasteiger partial charge on any atom is 0.264 e. The third-order valence-electron chi connectivity index (χ3n) is 5.42. The Balaban J connectivity index is 1.55. The standard InChI is InChI=1S/C17H24N2O2S/c1-18-7-2-4-13(18)14-5-3-8-19(14)17(20)16-10-12-11-21-9-6-15(12)22-16/h10,13-14H,2-9,11H2,1H3/t13-,14+/m1/s1. The first-order valence-corrected chi connectivity index (χ1v) is 9.26. The molecule has 1 amide bonds. The Morgan fingerprint density at radius 1 is 1.27 bits per heavy atom. The van der Waals surface area contributed by atoms with Gasteiger partial charge in [0, 0.05) is 29.9 Å². The number of likely N-dealkylation sites (N-methyl/N-ethyl adjacent to an activating group) is 1. The summed E-state index contributed by atoms with van der Waals surface area (Å²) in [5, 5.41) is 0. The highest BCUT2D eigenvalue weighted by molar-refractivity contribution is 7.14. The zero-order valence-corrected chi connectivity index (χ0v) is 14.0. The number of ether oxygens (including phenoxy) is 1. The predicted molar refractivity (Wildman–Crippen MR) is 87.4 cm³/mol. The first-order valence-electron chi connectivity index (χ1n) is 8.44. The predicted octanol–water partition coefficient (Wildman–Crippen LogP) is 2.52. The lowest BCUT2D eigenvalue weighted by Gasteiger charge is -2.33. The monoisotopic (exact) mass is 320 g/mol. The summed E-state index contributed by atoms with van der Waals surface area (Å²) in [6.45, 7) is 3.56. The Morgan fingerprint density at radius 2 is 2.09 bits per heavy atom. The average Bonchev–Trinajstić information content (AvgIpc) is 3.24. The summed E-state index contributed by atoms with van der Waals surface area (Å²) in [7, 11) is 2.21. The Bertz CT molecular complexity index is 548. The average molecular weight is 320 g/mol. The van der Waals surface area contributed by atoms with Crippen LogP contribution in [-0.2, 0) is 17.8 Å². The first kappa shape index (κ1) is 14.7. The molecule has 3 aliphatic heterocycles. The molecule has 4 rings (SSSR count). The number of thiophene rings is 1. The van der Waals surface area contributed by atoms with Crippen molar-refractivity contribution in [3.05, 3.63) is 21.4 Å². The molecular formula is C17H24N2O2S. The van der Waals surface area contributed by atoms with E-state index in [2.05, 4.69) is 22.9 Å². The molecule has 0 aliphatic carbocycles. The van der Waals surface area contributed by atoms with Gasteiger partial charge in [0.25, 0.3) is 5.91 Å². The van der Waals surface area contributed by atoms with Gasteiger partial charge in [-0.2, -0.15) is 0 Å². The van der Waals surface area contributed by atoms with E-state index in [1.165, 1.54) is 29.8 Å². The quantitative estimate of drug-likeness (QED) is 0.839. The molecule has 4 nitrogen and oxygen atoms in total. The number of fused-ring (bicyclic) bond motifs is 1. The van der Waals surface area contributed by atoms with Crippen molar-refractivity contribution in [1.29, 1.82) is 0 Å². The molecular weight excluding hydrogens is 296 g/mol. The molecule has 22 heavy (non-hydrogen) atoms. The molecule has 0 N–H and O–H groups in total. The molecule has 3 aliphatic rings. The van der Waals surface area contributed by atoms with Crippen LogP contribution in [0.2, 0.25) is 0 Å². The van der Waals surface area contributed by atoms with Crippen molar-refractivity contribution >= 4 is 17.2 Å². The van der Waals surface area contributed by atoms with Crippen LogP contribution < -0.4 is 0 Å². The summed E-state index contributed by atoms with van der Waals surface area (Å²) in [6, 6.07) is 3.05. The Morgan fingerprint density at radius 3 is 2.86 bits per heavy atom. The normalized spacial score (nSPS) is 29.0. The van der Waals surface area contributed by atoms with Crippen LogP contribution in [0.4, 0.5) is 0 Å². The van der Waals surface area contributed by atoms with Crippen LogP contribution in [-0.4, -0.2) is 54.5 Å². The van der Waals surface area contributed by atoms with E-state index in [9.17, 15) is 4.79 Å². The van der Waals surface area contributed by atoms with E-state index in [0.717, 1.165) is 37.3 Å². The van der Waals surface area contributed by atoms with Gasteiger partial charge >= 0.3 is 0 Å². The molecule has 0 aromatic carbocycles. The van der Waals surface area contributed by atoms with Crippen molar-refractivity contribution in [2.24, 2.45) is 0 Å². The first-order chi connectivity index (χ1) is 10.7. The molecule has 2 fully saturated rings. The molecule has 0 unspecified atom stereocenters. The molecule has 120 valence electrons. The molecule has 4 heterocycles. The molecule has 0 bridgehead atoms. The van der Waals surface area contributed by atoms with Crippen LogP contribution in [0.1, 0.15) is 45.8 Å². The lowest BCUT2D eigenvalue weighted by Crippen LogP contribution is -2.46. The topological polar surface area (TPSA) is 32.8 Å². The molecule has 2 atom stereocenters. The van der Waals surface area contributed by atoms with Crippen molar-refractivity contribution < 1.29 is 9.53 Å². The van der Waals surface area contributed by atoms with Crippen LogP contribution in [0.3, 0.4) is 0 Å². The third kappa shape index (κ3) is 2.49. The maximum absolute atomic E-state index is 13.0. The van der Waals surface area contributed by atoms with E-state index >= 15 is 0 Å². The van der Waals surface area contributed by atoms with Gasteiger partial charge in [0.15, 0.2) is 0 Å². The van der Waals surface area contributed by atoms with Gasteiger partial charge in [0.05, 0.1) is 18.1 Å². The minimum Gasteiger partial charge on any atom is -0.376 e. The summed E-state index contributed by atoms with van der Waals surface area (Å²) in [5.41, 5.74) is 1.23. The highest BCUT2D eigenvalue weighted by Gasteiger charge is 2.39. The second-order valence-electron chi connectivity index (χ2n) is 6.76. The minimum absolute atomic E-state index is 0.252. The van der Waals surface area contributed by atoms with E-state index < -0.39 is 0 Å². The van der Waals surface area contributed by atoms with Gasteiger partial charge in [-0.15, -0.1) is 11.3 Å². The Kier molecular flexibility index (Phi) is 3.96. The minimum atomic E-state index is 0.252. The van der Waals surface area contributed by atoms with Gasteiger partial charge in [-0.1, -0.05) is 0 Å². The highest BCUT2D eigenvalue weighted by Crippen LogP contribution is 2.33. The summed E-state index contributed by atoms with van der Waals surface area (Å²) in [5.74, 6) is 0.252. The zero-order chi connectivity index (χ0) is 15.1. The Labute approximate surface area is 136 Å². The van der Waals surface area contributed by atoms with Crippen molar-refractivity contribution in [2.75, 3.05) is 26.7 Å². The third-order valence-corrected chi connectivity index (χ3v) is 6.64. The lowest BCUT2D eigenvalue weighted by molar-refractivity contribution is 0.0669. The summed E-state index contributed by atoms with van der Waals surface area (Å²) in [6.07, 6.45) is 5.77. The van der Waals surface area contributed by atoms with E-state index in [0.29, 0.717) is 18.7 Å². The summed E-state index contributed by atoms with van der Waals surface area (Å²) < 4.78 is 5.51. The summed E-state index contributed by atoms with van der Waals surface area (Å²) in [4.78, 5) is 19.9. The number of rotatable bonds is 2. The van der Waals surface area contributed by atoms with Gasteiger partial charge in [0.2, 0.25) is 0 Å². The number of nitrogens with zero attached hydrogens (tertiary/aromatic N) is 2. The van der Waals surface area contributed by atoms with Gasteiger partial charge in [-0.25, -0.2) is 0 Å². The molecule has 0 saturated carbocycles. The number of hydrogen-bond donors (Lipinski definition) is 0. The van der Waals surface area contributed by atoms with Gasteiger partial charge in [0.1, 0.15) is 0 Å². The molecule has 0 radical (unpaired) electrons. The number of amides is 1. The smallest absolute Gasteiger partial charge is 0.264 e. The van der Waals surface area contributed by atoms with Gasteiger partial charge in [-0.05, 0) is 50.9 Å². The lowest BCUT2D eigenvalue weighted by atomic mass is 10.0. The maximum atomic E-state index is 13.0. The second-order valence-corrected chi connectivity index (χ2v) is 7.90. The van der Waals surface area contributed by atoms with E-state index in [1.807, 2.05) is 0 Å². The fourth-order valence-corrected chi connectivity index (χ4v) is 5.37. The van der Waals surface area contributed by atoms with E-state index in [-0.39, 0.29) is 5.91 Å². The van der Waals surface area contributed by atoms with Crippen molar-refractivity contribution in [1.82, 2.24) is 9.80 Å². The van der Waals surface area contributed by atoms with Crippen LogP contribution in [0, 0.1) is 0 Å². The van der Waals surface area contributed by atoms with Crippen LogP contribution in [0.15, 0.2) is 6.07 Å². The van der Waals surface area contributed by atoms with Crippen LogP contribution in [0.25, 0.3) is 0 Å². The van der Waals surface area contributed by atoms with E-state index in [4.69, 9.17) is 4.74 Å². The number of hydrogen-bond acceptors (Lipinski definition) is 4. The molecule has 2 saturated heterocycles. The molecule has 1 aromatic heterocycles. The largest absolute Gasteiger partial charge is 0.376 e. The van der Waals surface area contributed by atoms with E-state index in [1.54, 1.807) is 11.3 Å². The van der Waals surface area contributed by atoms with Gasteiger partial charge < -0.3 is 14.5 Å².